The maximum Gasteiger partial charge on any atom is 0.243 e. The number of carbonyl (C=O) groups is 1. The predicted octanol–water partition coefficient (Wildman–Crippen LogP) is 2.73. The fourth-order valence-corrected chi connectivity index (χ4v) is 3.91. The molecule has 0 spiro atoms. The highest BCUT2D eigenvalue weighted by Gasteiger charge is 2.30. The topological polar surface area (TPSA) is 78.5 Å². The van der Waals surface area contributed by atoms with Gasteiger partial charge in [-0.05, 0) is 54.9 Å². The van der Waals surface area contributed by atoms with Crippen LogP contribution in [0.1, 0.15) is 18.4 Å². The van der Waals surface area contributed by atoms with Gasteiger partial charge < -0.3 is 10.6 Å². The lowest BCUT2D eigenvalue weighted by atomic mass is 10.2. The van der Waals surface area contributed by atoms with Crippen molar-refractivity contribution in [3.8, 4) is 0 Å². The number of nitrogens with one attached hydrogen (secondary N) is 2. The van der Waals surface area contributed by atoms with E-state index in [1.807, 2.05) is 30.3 Å². The van der Waals surface area contributed by atoms with E-state index >= 15 is 0 Å². The zero-order valence-electron chi connectivity index (χ0n) is 14.9. The number of carbonyl (C=O) groups excluding carboxylic acids is 1. The van der Waals surface area contributed by atoms with E-state index in [0.29, 0.717) is 12.2 Å². The van der Waals surface area contributed by atoms with Gasteiger partial charge in [-0.1, -0.05) is 30.3 Å². The number of anilines is 1. The first kappa shape index (κ1) is 19.5. The molecule has 142 valence electrons. The smallest absolute Gasteiger partial charge is 0.243 e. The van der Waals surface area contributed by atoms with Crippen molar-refractivity contribution in [3.63, 3.8) is 0 Å². The normalized spacial score (nSPS) is 14.0. The number of hydrogen-bond donors (Lipinski definition) is 2. The third-order valence-corrected chi connectivity index (χ3v) is 6.28. The Kier molecular flexibility index (Phi) is 5.88. The van der Waals surface area contributed by atoms with Crippen LogP contribution in [0, 0.1) is 5.92 Å². The second kappa shape index (κ2) is 8.16. The van der Waals surface area contributed by atoms with Gasteiger partial charge in [-0.2, -0.15) is 4.31 Å². The summed E-state index contributed by atoms with van der Waals surface area (Å²) in [5.41, 5.74) is 1.53. The van der Waals surface area contributed by atoms with Gasteiger partial charge in [0.15, 0.2) is 5.11 Å². The summed E-state index contributed by atoms with van der Waals surface area (Å²) in [5, 5.41) is 5.74. The van der Waals surface area contributed by atoms with Crippen LogP contribution in [0.15, 0.2) is 59.5 Å². The highest BCUT2D eigenvalue weighted by molar-refractivity contribution is 7.89. The summed E-state index contributed by atoms with van der Waals surface area (Å²) < 4.78 is 26.8. The number of nitrogens with zero attached hydrogens (tertiary/aromatic N) is 1. The van der Waals surface area contributed by atoms with Crippen LogP contribution in [0.2, 0.25) is 0 Å². The molecule has 1 saturated carbocycles. The van der Waals surface area contributed by atoms with Gasteiger partial charge in [-0.25, -0.2) is 8.42 Å². The predicted molar refractivity (Wildman–Crippen MR) is 109 cm³/mol. The number of benzene rings is 2. The van der Waals surface area contributed by atoms with Crippen LogP contribution in [-0.2, 0) is 21.4 Å². The van der Waals surface area contributed by atoms with Crippen molar-refractivity contribution in [1.82, 2.24) is 9.62 Å². The van der Waals surface area contributed by atoms with E-state index in [0.717, 1.165) is 18.4 Å². The average molecular weight is 404 g/mol. The summed E-state index contributed by atoms with van der Waals surface area (Å²) in [6, 6.07) is 15.7. The minimum atomic E-state index is -3.60. The van der Waals surface area contributed by atoms with Crippen LogP contribution in [0.25, 0.3) is 0 Å². The van der Waals surface area contributed by atoms with E-state index in [9.17, 15) is 13.2 Å². The quantitative estimate of drug-likeness (QED) is 0.725. The first-order valence-electron chi connectivity index (χ1n) is 8.58. The minimum absolute atomic E-state index is 0.0671. The molecule has 0 unspecified atom stereocenters. The molecule has 1 amide bonds. The van der Waals surface area contributed by atoms with E-state index in [1.165, 1.54) is 16.4 Å². The van der Waals surface area contributed by atoms with Gasteiger partial charge in [-0.3, -0.25) is 4.79 Å². The van der Waals surface area contributed by atoms with Gasteiger partial charge in [0.1, 0.15) is 0 Å². The highest BCUT2D eigenvalue weighted by atomic mass is 32.2. The molecule has 0 aliphatic heterocycles. The van der Waals surface area contributed by atoms with Crippen molar-refractivity contribution < 1.29 is 13.2 Å². The molecule has 0 bridgehead atoms. The molecule has 2 aromatic rings. The second-order valence-corrected chi connectivity index (χ2v) is 8.94. The van der Waals surface area contributed by atoms with Gasteiger partial charge in [0, 0.05) is 25.2 Å². The molecular weight excluding hydrogens is 382 g/mol. The number of hydrogen-bond acceptors (Lipinski definition) is 4. The SMILES string of the molecule is CN(Cc1ccccc1)S(=O)(=O)c1ccc(NC(=S)NC(=O)C2CC2)cc1. The summed E-state index contributed by atoms with van der Waals surface area (Å²) in [6.45, 7) is 0.292. The number of sulfonamides is 1. The molecule has 1 fully saturated rings. The summed E-state index contributed by atoms with van der Waals surface area (Å²) in [4.78, 5) is 11.9. The Morgan fingerprint density at radius 2 is 1.74 bits per heavy atom. The Balaban J connectivity index is 1.62. The third kappa shape index (κ3) is 5.12. The lowest BCUT2D eigenvalue weighted by molar-refractivity contribution is -0.120. The fraction of sp³-hybridized carbons (Fsp3) is 0.263. The number of thiocarbonyl (C=S) groups is 1. The third-order valence-electron chi connectivity index (χ3n) is 4.25. The van der Waals surface area contributed by atoms with Gasteiger partial charge in [0.05, 0.1) is 4.90 Å². The van der Waals surface area contributed by atoms with Crippen molar-refractivity contribution >= 4 is 38.9 Å². The van der Waals surface area contributed by atoms with Crippen LogP contribution in [0.5, 0.6) is 0 Å². The van der Waals surface area contributed by atoms with E-state index in [-0.39, 0.29) is 21.8 Å². The molecular formula is C19H21N3O3S2. The monoisotopic (exact) mass is 403 g/mol. The van der Waals surface area contributed by atoms with Gasteiger partial charge >= 0.3 is 0 Å². The molecule has 0 radical (unpaired) electrons. The van der Waals surface area contributed by atoms with Crippen LogP contribution in [0.3, 0.4) is 0 Å². The Hall–Kier alpha value is -2.29. The standard InChI is InChI=1S/C19H21N3O3S2/c1-22(13-14-5-3-2-4-6-14)27(24,25)17-11-9-16(10-12-17)20-19(26)21-18(23)15-7-8-15/h2-6,9-12,15H,7-8,13H2,1H3,(H2,20,21,23,26). The summed E-state index contributed by atoms with van der Waals surface area (Å²) in [7, 11) is -2.05. The maximum absolute atomic E-state index is 12.7. The van der Waals surface area contributed by atoms with Crippen molar-refractivity contribution in [3.05, 3.63) is 60.2 Å². The minimum Gasteiger partial charge on any atom is -0.332 e. The molecule has 2 N–H and O–H groups in total. The van der Waals surface area contributed by atoms with Crippen LogP contribution in [0.4, 0.5) is 5.69 Å². The van der Waals surface area contributed by atoms with E-state index < -0.39 is 10.0 Å². The number of rotatable bonds is 6. The molecule has 1 aliphatic carbocycles. The lowest BCUT2D eigenvalue weighted by Gasteiger charge is -2.17. The average Bonchev–Trinajstić information content (AvgIpc) is 3.48. The molecule has 0 aromatic heterocycles. The Labute approximate surface area is 164 Å². The van der Waals surface area contributed by atoms with Crippen molar-refractivity contribution in [2.75, 3.05) is 12.4 Å². The Bertz CT molecular complexity index is 924. The van der Waals surface area contributed by atoms with Gasteiger partial charge in [0.25, 0.3) is 0 Å². The van der Waals surface area contributed by atoms with Crippen LogP contribution in [-0.4, -0.2) is 30.8 Å². The first-order valence-corrected chi connectivity index (χ1v) is 10.4. The molecule has 0 saturated heterocycles. The lowest BCUT2D eigenvalue weighted by Crippen LogP contribution is -2.35. The largest absolute Gasteiger partial charge is 0.332 e. The summed E-state index contributed by atoms with van der Waals surface area (Å²) in [6.07, 6.45) is 1.80. The summed E-state index contributed by atoms with van der Waals surface area (Å²) in [5.74, 6) is -0.00773. The zero-order chi connectivity index (χ0) is 19.4. The number of amides is 1. The maximum atomic E-state index is 12.7. The second-order valence-electron chi connectivity index (χ2n) is 6.49. The van der Waals surface area contributed by atoms with Gasteiger partial charge in [0.2, 0.25) is 15.9 Å². The molecule has 8 heteroatoms. The molecule has 0 heterocycles. The van der Waals surface area contributed by atoms with Crippen molar-refractivity contribution in [1.29, 1.82) is 0 Å². The first-order chi connectivity index (χ1) is 12.9. The van der Waals surface area contributed by atoms with Crippen LogP contribution < -0.4 is 10.6 Å². The van der Waals surface area contributed by atoms with Crippen molar-refractivity contribution in [2.24, 2.45) is 5.92 Å². The van der Waals surface area contributed by atoms with Crippen molar-refractivity contribution in [2.45, 2.75) is 24.3 Å². The van der Waals surface area contributed by atoms with Crippen LogP contribution >= 0.6 is 12.2 Å². The molecule has 27 heavy (non-hydrogen) atoms. The van der Waals surface area contributed by atoms with Gasteiger partial charge in [-0.15, -0.1) is 0 Å². The Morgan fingerprint density at radius 3 is 2.33 bits per heavy atom. The zero-order valence-corrected chi connectivity index (χ0v) is 16.5. The summed E-state index contributed by atoms with van der Waals surface area (Å²) >= 11 is 5.11. The molecule has 1 aliphatic rings. The fourth-order valence-electron chi connectivity index (χ4n) is 2.54. The van der Waals surface area contributed by atoms with E-state index in [2.05, 4.69) is 10.6 Å². The highest BCUT2D eigenvalue weighted by Crippen LogP contribution is 2.28. The van der Waals surface area contributed by atoms with E-state index in [4.69, 9.17) is 12.2 Å². The Morgan fingerprint density at radius 1 is 1.11 bits per heavy atom. The van der Waals surface area contributed by atoms with E-state index in [1.54, 1.807) is 19.2 Å². The molecule has 6 nitrogen and oxygen atoms in total. The molecule has 3 rings (SSSR count). The molecule has 0 atom stereocenters. The molecule has 2 aromatic carbocycles.